The summed E-state index contributed by atoms with van der Waals surface area (Å²) < 4.78 is 39.4. The van der Waals surface area contributed by atoms with E-state index >= 15 is 0 Å². The van der Waals surface area contributed by atoms with E-state index < -0.39 is 17.2 Å². The molecule has 1 aliphatic heterocycles. The van der Waals surface area contributed by atoms with Crippen molar-refractivity contribution in [1.82, 2.24) is 9.55 Å². The van der Waals surface area contributed by atoms with Crippen LogP contribution in [0, 0.1) is 18.6 Å². The highest BCUT2D eigenvalue weighted by atomic mass is 19.1. The van der Waals surface area contributed by atoms with Crippen LogP contribution in [0.25, 0.3) is 0 Å². The van der Waals surface area contributed by atoms with E-state index in [9.17, 15) is 13.6 Å². The molecule has 1 N–H and O–H groups in total. The lowest BCUT2D eigenvalue weighted by molar-refractivity contribution is 0.356. The molecule has 29 heavy (non-hydrogen) atoms. The summed E-state index contributed by atoms with van der Waals surface area (Å²) in [4.78, 5) is 16.3. The smallest absolute Gasteiger partial charge is 0.316 e. The van der Waals surface area contributed by atoms with Crippen molar-refractivity contribution in [3.05, 3.63) is 75.2 Å². The predicted octanol–water partition coefficient (Wildman–Crippen LogP) is 3.57. The van der Waals surface area contributed by atoms with Crippen molar-refractivity contribution >= 4 is 11.6 Å². The van der Waals surface area contributed by atoms with Gasteiger partial charge in [0.25, 0.3) is 0 Å². The van der Waals surface area contributed by atoms with Crippen molar-refractivity contribution in [2.75, 3.05) is 19.0 Å². The minimum absolute atomic E-state index is 0.0338. The second kappa shape index (κ2) is 7.54. The van der Waals surface area contributed by atoms with E-state index in [2.05, 4.69) is 10.3 Å². The topological polar surface area (TPSA) is 65.4 Å². The molecule has 0 saturated carbocycles. The summed E-state index contributed by atoms with van der Waals surface area (Å²) in [6, 6.07) is 7.16. The van der Waals surface area contributed by atoms with Crippen LogP contribution in [0.15, 0.2) is 41.3 Å². The molecule has 3 aromatic rings. The summed E-state index contributed by atoms with van der Waals surface area (Å²) in [7, 11) is 1.36. The Labute approximate surface area is 165 Å². The molecule has 0 amide bonds. The van der Waals surface area contributed by atoms with Gasteiger partial charge in [0, 0.05) is 18.2 Å². The molecular weight excluding hydrogens is 380 g/mol. The van der Waals surface area contributed by atoms with Crippen LogP contribution in [0.5, 0.6) is 11.5 Å². The van der Waals surface area contributed by atoms with Crippen LogP contribution in [0.2, 0.25) is 0 Å². The lowest BCUT2D eigenvalue weighted by Gasteiger charge is -2.17. The average molecular weight is 399 g/mol. The van der Waals surface area contributed by atoms with Crippen LogP contribution in [-0.4, -0.2) is 23.3 Å². The molecule has 2 heterocycles. The fourth-order valence-corrected chi connectivity index (χ4v) is 3.31. The first-order valence-corrected chi connectivity index (χ1v) is 9.07. The molecule has 0 unspecified atom stereocenters. The fraction of sp³-hybridized carbons (Fsp3) is 0.238. The maximum atomic E-state index is 13.6. The number of rotatable bonds is 5. The zero-order chi connectivity index (χ0) is 20.5. The molecule has 0 aliphatic carbocycles. The van der Waals surface area contributed by atoms with E-state index in [-0.39, 0.29) is 18.2 Å². The standard InChI is InChI=1S/C21H19F2N3O3/c1-12-5-18-14(3-4-29-18)8-17(12)24-21-25-20(27)19(28-2)11-26(21)10-13-6-15(22)9-16(23)7-13/h5-9,11H,3-4,10H2,1-2H3,(H,24,25,27). The minimum atomic E-state index is -0.676. The number of halogens is 2. The third kappa shape index (κ3) is 3.91. The van der Waals surface area contributed by atoms with Gasteiger partial charge in [-0.1, -0.05) is 0 Å². The Kier molecular flexibility index (Phi) is 4.92. The molecule has 0 radical (unpaired) electrons. The minimum Gasteiger partial charge on any atom is -0.493 e. The molecule has 0 bridgehead atoms. The van der Waals surface area contributed by atoms with E-state index in [1.54, 1.807) is 4.57 Å². The Morgan fingerprint density at radius 3 is 2.69 bits per heavy atom. The summed E-state index contributed by atoms with van der Waals surface area (Å²) in [6.45, 7) is 2.64. The molecule has 6 nitrogen and oxygen atoms in total. The number of aromatic nitrogens is 2. The van der Waals surface area contributed by atoms with Crippen LogP contribution in [0.1, 0.15) is 16.7 Å². The summed E-state index contributed by atoms with van der Waals surface area (Å²) in [5, 5.41) is 3.17. The third-order valence-electron chi connectivity index (χ3n) is 4.74. The normalized spacial score (nSPS) is 12.4. The predicted molar refractivity (Wildman–Crippen MR) is 104 cm³/mol. The van der Waals surface area contributed by atoms with Gasteiger partial charge in [0.1, 0.15) is 17.4 Å². The van der Waals surface area contributed by atoms with Crippen molar-refractivity contribution in [1.29, 1.82) is 0 Å². The Morgan fingerprint density at radius 1 is 1.21 bits per heavy atom. The molecule has 2 aromatic carbocycles. The molecule has 1 aromatic heterocycles. The average Bonchev–Trinajstić information content (AvgIpc) is 3.10. The number of hydrogen-bond donors (Lipinski definition) is 1. The van der Waals surface area contributed by atoms with Gasteiger partial charge in [-0.25, -0.2) is 8.78 Å². The summed E-state index contributed by atoms with van der Waals surface area (Å²) >= 11 is 0. The largest absolute Gasteiger partial charge is 0.493 e. The van der Waals surface area contributed by atoms with Crippen LogP contribution in [0.4, 0.5) is 20.4 Å². The number of nitrogens with zero attached hydrogens (tertiary/aromatic N) is 2. The Bertz CT molecular complexity index is 1120. The Balaban J connectivity index is 1.74. The number of aryl methyl sites for hydroxylation is 1. The number of benzene rings is 2. The summed E-state index contributed by atoms with van der Waals surface area (Å²) in [5.74, 6) is -0.229. The Morgan fingerprint density at radius 2 is 1.97 bits per heavy atom. The van der Waals surface area contributed by atoms with Crippen LogP contribution in [0.3, 0.4) is 0 Å². The molecule has 150 valence electrons. The lowest BCUT2D eigenvalue weighted by atomic mass is 10.1. The van der Waals surface area contributed by atoms with Crippen molar-refractivity contribution < 1.29 is 18.3 Å². The molecule has 4 rings (SSSR count). The van der Waals surface area contributed by atoms with Crippen LogP contribution >= 0.6 is 0 Å². The van der Waals surface area contributed by atoms with E-state index in [0.717, 1.165) is 35.1 Å². The number of fused-ring (bicyclic) bond motifs is 1. The van der Waals surface area contributed by atoms with Crippen LogP contribution in [-0.2, 0) is 13.0 Å². The zero-order valence-corrected chi connectivity index (χ0v) is 16.0. The van der Waals surface area contributed by atoms with Gasteiger partial charge in [0.15, 0.2) is 0 Å². The van der Waals surface area contributed by atoms with Crippen molar-refractivity contribution in [3.8, 4) is 11.5 Å². The van der Waals surface area contributed by atoms with Crippen molar-refractivity contribution in [2.45, 2.75) is 19.9 Å². The summed E-state index contributed by atoms with van der Waals surface area (Å²) in [5.41, 5.74) is 2.59. The second-order valence-corrected chi connectivity index (χ2v) is 6.84. The van der Waals surface area contributed by atoms with Crippen molar-refractivity contribution in [3.63, 3.8) is 0 Å². The molecule has 8 heteroatoms. The van der Waals surface area contributed by atoms with Gasteiger partial charge in [-0.15, -0.1) is 0 Å². The number of anilines is 2. The maximum Gasteiger partial charge on any atom is 0.316 e. The van der Waals surface area contributed by atoms with Gasteiger partial charge in [0.2, 0.25) is 11.7 Å². The quantitative estimate of drug-likeness (QED) is 0.711. The van der Waals surface area contributed by atoms with Gasteiger partial charge in [0.05, 0.1) is 26.5 Å². The highest BCUT2D eigenvalue weighted by molar-refractivity contribution is 5.63. The van der Waals surface area contributed by atoms with E-state index in [1.807, 2.05) is 19.1 Å². The summed E-state index contributed by atoms with van der Waals surface area (Å²) in [6.07, 6.45) is 2.27. The molecule has 0 fully saturated rings. The van der Waals surface area contributed by atoms with Gasteiger partial charge in [-0.3, -0.25) is 4.79 Å². The number of hydrogen-bond acceptors (Lipinski definition) is 5. The highest BCUT2D eigenvalue weighted by Crippen LogP contribution is 2.32. The molecule has 0 saturated heterocycles. The number of nitrogens with one attached hydrogen (secondary N) is 1. The highest BCUT2D eigenvalue weighted by Gasteiger charge is 2.17. The lowest BCUT2D eigenvalue weighted by Crippen LogP contribution is -2.19. The molecular formula is C21H19F2N3O3. The fourth-order valence-electron chi connectivity index (χ4n) is 3.31. The number of methoxy groups -OCH3 is 1. The van der Waals surface area contributed by atoms with Gasteiger partial charge < -0.3 is 19.4 Å². The molecule has 0 atom stereocenters. The zero-order valence-electron chi connectivity index (χ0n) is 16.0. The van der Waals surface area contributed by atoms with Gasteiger partial charge in [-0.05, 0) is 47.9 Å². The number of ether oxygens (including phenoxy) is 2. The van der Waals surface area contributed by atoms with Crippen molar-refractivity contribution in [2.24, 2.45) is 0 Å². The van der Waals surface area contributed by atoms with E-state index in [0.29, 0.717) is 12.2 Å². The van der Waals surface area contributed by atoms with Crippen LogP contribution < -0.4 is 20.3 Å². The van der Waals surface area contributed by atoms with Gasteiger partial charge in [-0.2, -0.15) is 4.98 Å². The molecule has 0 spiro atoms. The molecule has 1 aliphatic rings. The first-order valence-electron chi connectivity index (χ1n) is 9.07. The van der Waals surface area contributed by atoms with E-state index in [4.69, 9.17) is 9.47 Å². The Hall–Kier alpha value is -3.42. The SMILES string of the molecule is COc1cn(Cc2cc(F)cc(F)c2)c(Nc2cc3c(cc2C)OCC3)nc1=O. The first-order chi connectivity index (χ1) is 13.9. The van der Waals surface area contributed by atoms with E-state index in [1.165, 1.54) is 25.4 Å². The second-order valence-electron chi connectivity index (χ2n) is 6.84. The first kappa shape index (κ1) is 18.9. The van der Waals surface area contributed by atoms with Gasteiger partial charge >= 0.3 is 5.56 Å². The third-order valence-corrected chi connectivity index (χ3v) is 4.74. The monoisotopic (exact) mass is 399 g/mol. The maximum absolute atomic E-state index is 13.6.